The minimum absolute atomic E-state index is 0.389. The number of Topliss-reactive ketones (excluding diaryl/α,β-unsaturated/α-hetero) is 1. The number of hydrogen-bond donors (Lipinski definition) is 0. The van der Waals surface area contributed by atoms with Crippen LogP contribution in [0.25, 0.3) is 0 Å². The van der Waals surface area contributed by atoms with E-state index in [0.717, 1.165) is 6.08 Å². The summed E-state index contributed by atoms with van der Waals surface area (Å²) in [5, 5.41) is 7.92. The molecule has 0 aromatic carbocycles. The van der Waals surface area contributed by atoms with Crippen LogP contribution < -0.4 is 0 Å². The molecule has 1 unspecified atom stereocenters. The minimum atomic E-state index is -1.02. The molecule has 1 atom stereocenters. The van der Waals surface area contributed by atoms with E-state index in [1.807, 2.05) is 0 Å². The maximum Gasteiger partial charge on any atom is 0.335 e. The zero-order chi connectivity index (χ0) is 8.85. The summed E-state index contributed by atoms with van der Waals surface area (Å²) in [5.74, 6) is -2.29. The molecular weight excluding hydrogens is 146 g/mol. The van der Waals surface area contributed by atoms with Crippen molar-refractivity contribution in [3.05, 3.63) is 12.7 Å². The molecule has 4 heteroatoms. The highest BCUT2D eigenvalue weighted by molar-refractivity contribution is 5.99. The molecule has 4 nitrogen and oxygen atoms in total. The van der Waals surface area contributed by atoms with Crippen LogP contribution >= 0.6 is 0 Å². The molecule has 0 radical (unpaired) electrons. The van der Waals surface area contributed by atoms with Crippen molar-refractivity contribution in [2.75, 3.05) is 0 Å². The first-order valence-corrected chi connectivity index (χ1v) is 2.86. The lowest BCUT2D eigenvalue weighted by Gasteiger charge is -2.01. The molecule has 0 rings (SSSR count). The lowest BCUT2D eigenvalue weighted by Crippen LogP contribution is -2.20. The number of esters is 1. The quantitative estimate of drug-likeness (QED) is 0.255. The minimum Gasteiger partial charge on any atom is -0.350 e. The molecule has 0 saturated carbocycles. The fourth-order valence-electron chi connectivity index (χ4n) is 0.537. The van der Waals surface area contributed by atoms with Crippen molar-refractivity contribution in [2.45, 2.75) is 6.92 Å². The second-order valence-electron chi connectivity index (χ2n) is 1.84. The van der Waals surface area contributed by atoms with E-state index in [1.165, 1.54) is 13.2 Å². The van der Waals surface area contributed by atoms with Crippen LogP contribution in [0.5, 0.6) is 0 Å². The maximum absolute atomic E-state index is 10.7. The Morgan fingerprint density at radius 1 is 1.73 bits per heavy atom. The van der Waals surface area contributed by atoms with Crippen LogP contribution in [0.4, 0.5) is 0 Å². The highest BCUT2D eigenvalue weighted by Gasteiger charge is 2.20. The van der Waals surface area contributed by atoms with Crippen LogP contribution in [0.1, 0.15) is 6.92 Å². The van der Waals surface area contributed by atoms with Crippen LogP contribution in [0.2, 0.25) is 0 Å². The summed E-state index contributed by atoms with van der Waals surface area (Å²) in [6.45, 7) is 4.48. The lowest BCUT2D eigenvalue weighted by molar-refractivity contribution is -0.143. The largest absolute Gasteiger partial charge is 0.350 e. The van der Waals surface area contributed by atoms with Crippen LogP contribution in [-0.2, 0) is 14.3 Å². The fourth-order valence-corrected chi connectivity index (χ4v) is 0.537. The Balaban J connectivity index is 4.29. The topological polar surface area (TPSA) is 67.2 Å². The molecule has 0 aromatic heterocycles. The van der Waals surface area contributed by atoms with Gasteiger partial charge in [-0.05, 0) is 6.92 Å². The Bertz CT molecular complexity index is 226. The number of ether oxygens (including phenoxy) is 1. The molecule has 58 valence electrons. The molecule has 0 amide bonds. The average Bonchev–Trinajstić information content (AvgIpc) is 1.88. The zero-order valence-electron chi connectivity index (χ0n) is 6.03. The van der Waals surface area contributed by atoms with E-state index in [4.69, 9.17) is 5.26 Å². The third-order valence-electron chi connectivity index (χ3n) is 1.07. The van der Waals surface area contributed by atoms with Gasteiger partial charge in [0, 0.05) is 0 Å². The standard InChI is InChI=1S/C7H7NO3/c1-3-6(5(2)9)7(10)11-4-8/h3,6H,1H2,2H3. The second kappa shape index (κ2) is 4.23. The number of ketones is 1. The number of nitrogens with zero attached hydrogens (tertiary/aromatic N) is 1. The van der Waals surface area contributed by atoms with Gasteiger partial charge in [0.15, 0.2) is 0 Å². The molecule has 0 N–H and O–H groups in total. The highest BCUT2D eigenvalue weighted by atomic mass is 16.5. The van der Waals surface area contributed by atoms with Crippen molar-refractivity contribution >= 4 is 11.8 Å². The summed E-state index contributed by atoms with van der Waals surface area (Å²) < 4.78 is 3.93. The van der Waals surface area contributed by atoms with Gasteiger partial charge in [-0.2, -0.15) is 0 Å². The lowest BCUT2D eigenvalue weighted by atomic mass is 10.1. The van der Waals surface area contributed by atoms with Crippen molar-refractivity contribution in [1.29, 1.82) is 5.26 Å². The van der Waals surface area contributed by atoms with Gasteiger partial charge < -0.3 is 4.74 Å². The summed E-state index contributed by atoms with van der Waals surface area (Å²) in [4.78, 5) is 21.3. The van der Waals surface area contributed by atoms with E-state index in [2.05, 4.69) is 11.3 Å². The first-order chi connectivity index (χ1) is 5.13. The Labute approximate surface area is 64.1 Å². The third kappa shape index (κ3) is 2.63. The van der Waals surface area contributed by atoms with Gasteiger partial charge in [0.1, 0.15) is 11.7 Å². The molecule has 0 aromatic rings. The van der Waals surface area contributed by atoms with Gasteiger partial charge in [0.05, 0.1) is 0 Å². The van der Waals surface area contributed by atoms with Crippen molar-refractivity contribution in [3.63, 3.8) is 0 Å². The van der Waals surface area contributed by atoms with Crippen molar-refractivity contribution in [3.8, 4) is 6.26 Å². The third-order valence-corrected chi connectivity index (χ3v) is 1.07. The first-order valence-electron chi connectivity index (χ1n) is 2.86. The highest BCUT2D eigenvalue weighted by Crippen LogP contribution is 2.01. The molecule has 0 aliphatic carbocycles. The molecule has 0 fully saturated rings. The summed E-state index contributed by atoms with van der Waals surface area (Å²) in [7, 11) is 0. The Morgan fingerprint density at radius 2 is 2.27 bits per heavy atom. The summed E-state index contributed by atoms with van der Waals surface area (Å²) in [6.07, 6.45) is 2.33. The SMILES string of the molecule is C=CC(C(C)=O)C(=O)OC#N. The molecule has 11 heavy (non-hydrogen) atoms. The number of hydrogen-bond acceptors (Lipinski definition) is 4. The normalized spacial score (nSPS) is 10.9. The van der Waals surface area contributed by atoms with Crippen molar-refractivity contribution < 1.29 is 14.3 Å². The van der Waals surface area contributed by atoms with Gasteiger partial charge in [-0.15, -0.1) is 11.8 Å². The van der Waals surface area contributed by atoms with Gasteiger partial charge in [-0.25, -0.2) is 4.79 Å². The van der Waals surface area contributed by atoms with Crippen molar-refractivity contribution in [2.24, 2.45) is 5.92 Å². The Kier molecular flexibility index (Phi) is 3.60. The molecule has 0 saturated heterocycles. The number of carbonyl (C=O) groups is 2. The summed E-state index contributed by atoms with van der Waals surface area (Å²) in [6, 6.07) is 0. The fraction of sp³-hybridized carbons (Fsp3) is 0.286. The molecule has 0 aliphatic heterocycles. The van der Waals surface area contributed by atoms with Crippen LogP contribution in [0, 0.1) is 17.4 Å². The average molecular weight is 153 g/mol. The molecule has 0 aliphatic rings. The van der Waals surface area contributed by atoms with Gasteiger partial charge in [0.25, 0.3) is 6.26 Å². The summed E-state index contributed by atoms with van der Waals surface area (Å²) >= 11 is 0. The second-order valence-corrected chi connectivity index (χ2v) is 1.84. The van der Waals surface area contributed by atoms with Crippen LogP contribution in [-0.4, -0.2) is 11.8 Å². The van der Waals surface area contributed by atoms with E-state index in [-0.39, 0.29) is 5.78 Å². The van der Waals surface area contributed by atoms with Gasteiger partial charge >= 0.3 is 5.97 Å². The van der Waals surface area contributed by atoms with E-state index in [0.29, 0.717) is 0 Å². The molecule has 0 spiro atoms. The van der Waals surface area contributed by atoms with Gasteiger partial charge in [-0.1, -0.05) is 6.08 Å². The van der Waals surface area contributed by atoms with E-state index in [1.54, 1.807) is 0 Å². The monoisotopic (exact) mass is 153 g/mol. The van der Waals surface area contributed by atoms with Gasteiger partial charge in [-0.3, -0.25) is 4.79 Å². The van der Waals surface area contributed by atoms with Crippen LogP contribution in [0.3, 0.4) is 0 Å². The number of rotatable bonds is 3. The molecule has 0 bridgehead atoms. The number of carbonyl (C=O) groups excluding carboxylic acids is 2. The molecular formula is C7H7NO3. The predicted octanol–water partition coefficient (Wildman–Crippen LogP) is 0.402. The van der Waals surface area contributed by atoms with Gasteiger partial charge in [0.2, 0.25) is 0 Å². The van der Waals surface area contributed by atoms with Crippen LogP contribution in [0.15, 0.2) is 12.7 Å². The van der Waals surface area contributed by atoms with E-state index >= 15 is 0 Å². The smallest absolute Gasteiger partial charge is 0.335 e. The Morgan fingerprint density at radius 3 is 2.55 bits per heavy atom. The Hall–Kier alpha value is -1.63. The van der Waals surface area contributed by atoms with E-state index < -0.39 is 11.9 Å². The van der Waals surface area contributed by atoms with E-state index in [9.17, 15) is 9.59 Å². The number of nitriles is 1. The zero-order valence-corrected chi connectivity index (χ0v) is 6.03. The molecule has 0 heterocycles. The summed E-state index contributed by atoms with van der Waals surface area (Å²) in [5.41, 5.74) is 0. The van der Waals surface area contributed by atoms with Crippen molar-refractivity contribution in [1.82, 2.24) is 0 Å². The first kappa shape index (κ1) is 9.37. The predicted molar refractivity (Wildman–Crippen MR) is 36.1 cm³/mol. The maximum atomic E-state index is 10.7.